The SMILES string of the molecule is Cc1ccccc1C(=O)N=Nc1[nH]c(N)c2ccccc12. The molecule has 0 aliphatic carbocycles. The molecule has 0 saturated heterocycles. The molecule has 5 nitrogen and oxygen atoms in total. The van der Waals surface area contributed by atoms with Crippen molar-refractivity contribution in [3.05, 3.63) is 59.7 Å². The van der Waals surface area contributed by atoms with Crippen LogP contribution in [-0.2, 0) is 0 Å². The molecule has 3 aromatic rings. The van der Waals surface area contributed by atoms with Crippen LogP contribution in [0.2, 0.25) is 0 Å². The number of hydrogen-bond acceptors (Lipinski definition) is 3. The number of carbonyl (C=O) groups excluding carboxylic acids is 1. The van der Waals surface area contributed by atoms with Gasteiger partial charge < -0.3 is 10.7 Å². The highest BCUT2D eigenvalue weighted by atomic mass is 16.1. The van der Waals surface area contributed by atoms with Gasteiger partial charge >= 0.3 is 0 Å². The summed E-state index contributed by atoms with van der Waals surface area (Å²) in [6.45, 7) is 1.87. The van der Waals surface area contributed by atoms with Crippen molar-refractivity contribution in [1.29, 1.82) is 0 Å². The van der Waals surface area contributed by atoms with E-state index in [9.17, 15) is 4.79 Å². The van der Waals surface area contributed by atoms with Crippen molar-refractivity contribution in [1.82, 2.24) is 4.98 Å². The fourth-order valence-corrected chi connectivity index (χ4v) is 2.23. The summed E-state index contributed by atoms with van der Waals surface area (Å²) < 4.78 is 0. The average Bonchev–Trinajstić information content (AvgIpc) is 2.82. The van der Waals surface area contributed by atoms with Gasteiger partial charge in [0.15, 0.2) is 5.82 Å². The molecule has 0 unspecified atom stereocenters. The summed E-state index contributed by atoms with van der Waals surface area (Å²) >= 11 is 0. The third-order valence-electron chi connectivity index (χ3n) is 3.34. The molecule has 0 aliphatic heterocycles. The predicted octanol–water partition coefficient (Wildman–Crippen LogP) is 3.98. The van der Waals surface area contributed by atoms with Gasteiger partial charge in [0.1, 0.15) is 5.82 Å². The van der Waals surface area contributed by atoms with Gasteiger partial charge in [0.2, 0.25) is 0 Å². The second-order valence-corrected chi connectivity index (χ2v) is 4.75. The Balaban J connectivity index is 1.95. The third kappa shape index (κ3) is 2.41. The van der Waals surface area contributed by atoms with Gasteiger partial charge in [0, 0.05) is 16.3 Å². The van der Waals surface area contributed by atoms with E-state index in [0.29, 0.717) is 17.2 Å². The van der Waals surface area contributed by atoms with E-state index in [1.54, 1.807) is 12.1 Å². The normalized spacial score (nSPS) is 11.3. The maximum atomic E-state index is 12.1. The number of nitrogens with two attached hydrogens (primary N) is 1. The number of benzene rings is 2. The molecule has 1 heterocycles. The highest BCUT2D eigenvalue weighted by Gasteiger charge is 2.09. The molecule has 0 saturated carbocycles. The second kappa shape index (κ2) is 5.20. The van der Waals surface area contributed by atoms with E-state index in [1.165, 1.54) is 0 Å². The van der Waals surface area contributed by atoms with E-state index in [-0.39, 0.29) is 5.91 Å². The number of azo groups is 1. The highest BCUT2D eigenvalue weighted by molar-refractivity contribution is 6.00. The monoisotopic (exact) mass is 278 g/mol. The zero-order chi connectivity index (χ0) is 14.8. The van der Waals surface area contributed by atoms with Crippen LogP contribution in [0.4, 0.5) is 11.6 Å². The van der Waals surface area contributed by atoms with E-state index < -0.39 is 0 Å². The lowest BCUT2D eigenvalue weighted by atomic mass is 10.1. The number of nitrogen functional groups attached to an aromatic ring is 1. The quantitative estimate of drug-likeness (QED) is 0.695. The lowest BCUT2D eigenvalue weighted by molar-refractivity contribution is 0.0994. The van der Waals surface area contributed by atoms with Crippen molar-refractivity contribution >= 4 is 28.3 Å². The van der Waals surface area contributed by atoms with Gasteiger partial charge in [0.25, 0.3) is 5.91 Å². The van der Waals surface area contributed by atoms with E-state index in [2.05, 4.69) is 15.2 Å². The first-order valence-corrected chi connectivity index (χ1v) is 6.54. The van der Waals surface area contributed by atoms with Crippen LogP contribution in [0, 0.1) is 6.92 Å². The lowest BCUT2D eigenvalue weighted by Gasteiger charge is -1.98. The number of amides is 1. The summed E-state index contributed by atoms with van der Waals surface area (Å²) in [5.41, 5.74) is 7.30. The minimum atomic E-state index is -0.370. The third-order valence-corrected chi connectivity index (χ3v) is 3.34. The van der Waals surface area contributed by atoms with E-state index >= 15 is 0 Å². The molecule has 21 heavy (non-hydrogen) atoms. The number of anilines is 1. The Hall–Kier alpha value is -2.95. The molecule has 0 bridgehead atoms. The Morgan fingerprint density at radius 2 is 1.71 bits per heavy atom. The Morgan fingerprint density at radius 1 is 1.05 bits per heavy atom. The molecule has 0 spiro atoms. The molecule has 0 radical (unpaired) electrons. The zero-order valence-corrected chi connectivity index (χ0v) is 11.5. The van der Waals surface area contributed by atoms with Crippen LogP contribution >= 0.6 is 0 Å². The summed E-state index contributed by atoms with van der Waals surface area (Å²) in [5.74, 6) is 0.637. The first-order valence-electron chi connectivity index (χ1n) is 6.54. The molecule has 0 aliphatic rings. The fourth-order valence-electron chi connectivity index (χ4n) is 2.23. The summed E-state index contributed by atoms with van der Waals surface area (Å²) in [4.78, 5) is 15.0. The van der Waals surface area contributed by atoms with Gasteiger partial charge in [-0.15, -0.1) is 10.2 Å². The second-order valence-electron chi connectivity index (χ2n) is 4.75. The Labute approximate surface area is 121 Å². The molecular formula is C16H14N4O. The first-order chi connectivity index (χ1) is 10.2. The maximum Gasteiger partial charge on any atom is 0.295 e. The molecule has 3 rings (SSSR count). The Bertz CT molecular complexity index is 848. The lowest BCUT2D eigenvalue weighted by Crippen LogP contribution is -1.96. The van der Waals surface area contributed by atoms with Crippen LogP contribution in [-0.4, -0.2) is 10.9 Å². The van der Waals surface area contributed by atoms with Crippen molar-refractivity contribution in [3.8, 4) is 0 Å². The zero-order valence-electron chi connectivity index (χ0n) is 11.5. The van der Waals surface area contributed by atoms with Gasteiger partial charge in [-0.1, -0.05) is 42.5 Å². The van der Waals surface area contributed by atoms with E-state index in [0.717, 1.165) is 16.3 Å². The summed E-state index contributed by atoms with van der Waals surface area (Å²) in [5, 5.41) is 9.51. The molecule has 1 aromatic heterocycles. The molecule has 2 aromatic carbocycles. The molecule has 0 fully saturated rings. The number of hydrogen-bond donors (Lipinski definition) is 2. The predicted molar refractivity (Wildman–Crippen MR) is 82.7 cm³/mol. The average molecular weight is 278 g/mol. The maximum absolute atomic E-state index is 12.1. The fraction of sp³-hybridized carbons (Fsp3) is 0.0625. The van der Waals surface area contributed by atoms with Crippen LogP contribution in [0.1, 0.15) is 15.9 Å². The smallest absolute Gasteiger partial charge is 0.295 e. The number of nitrogens with zero attached hydrogens (tertiary/aromatic N) is 2. The van der Waals surface area contributed by atoms with Gasteiger partial charge in [-0.3, -0.25) is 4.79 Å². The van der Waals surface area contributed by atoms with Crippen LogP contribution in [0.25, 0.3) is 10.8 Å². The summed E-state index contributed by atoms with van der Waals surface area (Å²) in [6.07, 6.45) is 0. The van der Waals surface area contributed by atoms with E-state index in [4.69, 9.17) is 5.73 Å². The topological polar surface area (TPSA) is 83.6 Å². The number of aryl methyl sites for hydroxylation is 1. The van der Waals surface area contributed by atoms with Crippen LogP contribution < -0.4 is 5.73 Å². The van der Waals surface area contributed by atoms with Gasteiger partial charge in [0.05, 0.1) is 0 Å². The highest BCUT2D eigenvalue weighted by Crippen LogP contribution is 2.30. The number of fused-ring (bicyclic) bond motifs is 1. The van der Waals surface area contributed by atoms with Gasteiger partial charge in [-0.25, -0.2) is 0 Å². The van der Waals surface area contributed by atoms with E-state index in [1.807, 2.05) is 43.3 Å². The first kappa shape index (κ1) is 13.1. The number of nitrogens with one attached hydrogen (secondary N) is 1. The van der Waals surface area contributed by atoms with Gasteiger partial charge in [-0.2, -0.15) is 0 Å². The van der Waals surface area contributed by atoms with Crippen molar-refractivity contribution in [3.63, 3.8) is 0 Å². The number of rotatable bonds is 2. The van der Waals surface area contributed by atoms with Crippen LogP contribution in [0.5, 0.6) is 0 Å². The van der Waals surface area contributed by atoms with Gasteiger partial charge in [-0.05, 0) is 18.6 Å². The number of aromatic amines is 1. The standard InChI is InChI=1S/C16H14N4O/c1-10-6-2-3-7-11(10)16(21)20-19-15-13-9-5-4-8-12(13)14(17)18-15/h2-9,18H,17H2,1H3. The number of aromatic nitrogens is 1. The minimum Gasteiger partial charge on any atom is -0.385 e. The molecule has 104 valence electrons. The minimum absolute atomic E-state index is 0.370. The van der Waals surface area contributed by atoms with Crippen molar-refractivity contribution < 1.29 is 4.79 Å². The molecule has 0 atom stereocenters. The van der Waals surface area contributed by atoms with Crippen molar-refractivity contribution in [2.75, 3.05) is 5.73 Å². The Kier molecular flexibility index (Phi) is 3.23. The van der Waals surface area contributed by atoms with Crippen LogP contribution in [0.3, 0.4) is 0 Å². The molecule has 1 amide bonds. The largest absolute Gasteiger partial charge is 0.385 e. The summed E-state index contributed by atoms with van der Waals surface area (Å²) in [7, 11) is 0. The molecular weight excluding hydrogens is 264 g/mol. The summed E-state index contributed by atoms with van der Waals surface area (Å²) in [6, 6.07) is 14.8. The Morgan fingerprint density at radius 3 is 2.48 bits per heavy atom. The van der Waals surface area contributed by atoms with Crippen molar-refractivity contribution in [2.24, 2.45) is 10.2 Å². The molecule has 3 N–H and O–H groups in total. The van der Waals surface area contributed by atoms with Crippen LogP contribution in [0.15, 0.2) is 58.8 Å². The molecule has 5 heteroatoms. The number of carbonyl (C=O) groups is 1. The number of H-pyrrole nitrogens is 1. The van der Waals surface area contributed by atoms with Crippen molar-refractivity contribution in [2.45, 2.75) is 6.92 Å².